The fourth-order valence-electron chi connectivity index (χ4n) is 2.00. The molecule has 4 heteroatoms. The molecule has 0 aliphatic carbocycles. The normalized spacial score (nSPS) is 10.6. The lowest BCUT2D eigenvalue weighted by molar-refractivity contribution is 0.134. The summed E-state index contributed by atoms with van der Waals surface area (Å²) in [6, 6.07) is 8.23. The average molecular weight is 259 g/mol. The van der Waals surface area contributed by atoms with Gasteiger partial charge in [0.05, 0.1) is 13.2 Å². The standard InChI is InChI=1S/C15H21N3O/c1-3-18-10-9-16-15(18)11-17-14-8-6-5-7-13(14)12-19-4-2/h5-10,17H,3-4,11-12H2,1-2H3. The molecule has 0 amide bonds. The Morgan fingerprint density at radius 1 is 1.26 bits per heavy atom. The van der Waals surface area contributed by atoms with Gasteiger partial charge in [-0.15, -0.1) is 0 Å². The van der Waals surface area contributed by atoms with E-state index in [-0.39, 0.29) is 0 Å². The molecule has 0 aliphatic rings. The van der Waals surface area contributed by atoms with Crippen LogP contribution in [-0.2, 0) is 24.4 Å². The number of nitrogens with zero attached hydrogens (tertiary/aromatic N) is 2. The highest BCUT2D eigenvalue weighted by Crippen LogP contribution is 2.17. The van der Waals surface area contributed by atoms with Crippen molar-refractivity contribution in [1.29, 1.82) is 0 Å². The minimum Gasteiger partial charge on any atom is -0.378 e. The molecule has 0 saturated heterocycles. The van der Waals surface area contributed by atoms with Gasteiger partial charge in [0.2, 0.25) is 0 Å². The molecule has 0 saturated carbocycles. The molecule has 0 atom stereocenters. The molecule has 1 heterocycles. The summed E-state index contributed by atoms with van der Waals surface area (Å²) >= 11 is 0. The van der Waals surface area contributed by atoms with Gasteiger partial charge in [-0.25, -0.2) is 4.98 Å². The Bertz CT molecular complexity index is 508. The van der Waals surface area contributed by atoms with Crippen LogP contribution in [0.5, 0.6) is 0 Å². The molecule has 0 aliphatic heterocycles. The maximum Gasteiger partial charge on any atom is 0.128 e. The van der Waals surface area contributed by atoms with E-state index in [1.165, 1.54) is 5.56 Å². The molecular formula is C15H21N3O. The van der Waals surface area contributed by atoms with Crippen LogP contribution in [0.15, 0.2) is 36.7 Å². The van der Waals surface area contributed by atoms with Crippen molar-refractivity contribution in [3.8, 4) is 0 Å². The Kier molecular flexibility index (Phi) is 4.98. The molecule has 0 bridgehead atoms. The van der Waals surface area contributed by atoms with Crippen molar-refractivity contribution in [2.24, 2.45) is 0 Å². The summed E-state index contributed by atoms with van der Waals surface area (Å²) in [6.45, 7) is 7.17. The van der Waals surface area contributed by atoms with Gasteiger partial charge in [0.1, 0.15) is 5.82 Å². The zero-order valence-corrected chi connectivity index (χ0v) is 11.6. The summed E-state index contributed by atoms with van der Waals surface area (Å²) in [5, 5.41) is 3.44. The van der Waals surface area contributed by atoms with E-state index >= 15 is 0 Å². The summed E-state index contributed by atoms with van der Waals surface area (Å²) in [4.78, 5) is 4.36. The first-order chi connectivity index (χ1) is 9.35. The van der Waals surface area contributed by atoms with E-state index in [9.17, 15) is 0 Å². The molecule has 1 aromatic carbocycles. The number of imidazole rings is 1. The smallest absolute Gasteiger partial charge is 0.128 e. The molecule has 0 radical (unpaired) electrons. The van der Waals surface area contributed by atoms with Crippen LogP contribution in [0.1, 0.15) is 25.2 Å². The largest absolute Gasteiger partial charge is 0.378 e. The van der Waals surface area contributed by atoms with Crippen LogP contribution in [0, 0.1) is 0 Å². The highest BCUT2D eigenvalue weighted by atomic mass is 16.5. The average Bonchev–Trinajstić information content (AvgIpc) is 2.91. The second-order valence-electron chi connectivity index (χ2n) is 4.28. The van der Waals surface area contributed by atoms with Gasteiger partial charge in [-0.3, -0.25) is 0 Å². The van der Waals surface area contributed by atoms with E-state index in [2.05, 4.69) is 33.9 Å². The number of ether oxygens (including phenoxy) is 1. The van der Waals surface area contributed by atoms with Gasteiger partial charge in [-0.1, -0.05) is 18.2 Å². The van der Waals surface area contributed by atoms with Crippen molar-refractivity contribution in [3.05, 3.63) is 48.0 Å². The van der Waals surface area contributed by atoms with Gasteiger partial charge in [0.15, 0.2) is 0 Å². The number of aromatic nitrogens is 2. The fourth-order valence-corrected chi connectivity index (χ4v) is 2.00. The first-order valence-corrected chi connectivity index (χ1v) is 6.74. The third kappa shape index (κ3) is 3.58. The predicted octanol–water partition coefficient (Wildman–Crippen LogP) is 3.05. The summed E-state index contributed by atoms with van der Waals surface area (Å²) in [5.74, 6) is 1.05. The topological polar surface area (TPSA) is 39.1 Å². The molecule has 0 fully saturated rings. The number of para-hydroxylation sites is 1. The van der Waals surface area contributed by atoms with E-state index in [1.54, 1.807) is 0 Å². The molecule has 0 unspecified atom stereocenters. The number of nitrogens with one attached hydrogen (secondary N) is 1. The van der Waals surface area contributed by atoms with Crippen molar-refractivity contribution in [2.75, 3.05) is 11.9 Å². The summed E-state index contributed by atoms with van der Waals surface area (Å²) < 4.78 is 7.62. The Labute approximate surface area is 114 Å². The van der Waals surface area contributed by atoms with Crippen molar-refractivity contribution >= 4 is 5.69 Å². The number of benzene rings is 1. The van der Waals surface area contributed by atoms with Crippen molar-refractivity contribution in [3.63, 3.8) is 0 Å². The molecule has 0 spiro atoms. The van der Waals surface area contributed by atoms with Crippen LogP contribution in [-0.4, -0.2) is 16.2 Å². The first kappa shape index (κ1) is 13.6. The van der Waals surface area contributed by atoms with E-state index in [4.69, 9.17) is 4.74 Å². The highest BCUT2D eigenvalue weighted by molar-refractivity contribution is 5.50. The lowest BCUT2D eigenvalue weighted by atomic mass is 10.2. The van der Waals surface area contributed by atoms with Crippen molar-refractivity contribution < 1.29 is 4.74 Å². The fraction of sp³-hybridized carbons (Fsp3) is 0.400. The molecule has 1 N–H and O–H groups in total. The molecule has 1 aromatic heterocycles. The third-order valence-electron chi connectivity index (χ3n) is 3.06. The van der Waals surface area contributed by atoms with Crippen LogP contribution in [0.2, 0.25) is 0 Å². The van der Waals surface area contributed by atoms with E-state index in [0.29, 0.717) is 6.61 Å². The highest BCUT2D eigenvalue weighted by Gasteiger charge is 2.04. The Balaban J connectivity index is 2.02. The number of rotatable bonds is 7. The molecular weight excluding hydrogens is 238 g/mol. The van der Waals surface area contributed by atoms with Crippen LogP contribution in [0.25, 0.3) is 0 Å². The zero-order chi connectivity index (χ0) is 13.5. The zero-order valence-electron chi connectivity index (χ0n) is 11.6. The Morgan fingerprint density at radius 2 is 2.11 bits per heavy atom. The van der Waals surface area contributed by atoms with Gasteiger partial charge < -0.3 is 14.6 Å². The summed E-state index contributed by atoms with van der Waals surface area (Å²) in [7, 11) is 0. The Morgan fingerprint density at radius 3 is 2.89 bits per heavy atom. The van der Waals surface area contributed by atoms with E-state index in [1.807, 2.05) is 31.5 Å². The minimum absolute atomic E-state index is 0.641. The lowest BCUT2D eigenvalue weighted by Crippen LogP contribution is -2.09. The van der Waals surface area contributed by atoms with Crippen LogP contribution >= 0.6 is 0 Å². The molecule has 102 valence electrons. The van der Waals surface area contributed by atoms with Crippen LogP contribution < -0.4 is 5.32 Å². The van der Waals surface area contributed by atoms with Gasteiger partial charge in [0, 0.05) is 36.8 Å². The minimum atomic E-state index is 0.641. The third-order valence-corrected chi connectivity index (χ3v) is 3.06. The van der Waals surface area contributed by atoms with Crippen molar-refractivity contribution in [2.45, 2.75) is 33.5 Å². The summed E-state index contributed by atoms with van der Waals surface area (Å²) in [6.07, 6.45) is 3.84. The number of aryl methyl sites for hydroxylation is 1. The second kappa shape index (κ2) is 6.95. The molecule has 19 heavy (non-hydrogen) atoms. The van der Waals surface area contributed by atoms with Gasteiger partial charge in [-0.05, 0) is 19.9 Å². The number of hydrogen-bond acceptors (Lipinski definition) is 3. The summed E-state index contributed by atoms with van der Waals surface area (Å²) in [5.41, 5.74) is 2.29. The maximum absolute atomic E-state index is 5.48. The molecule has 4 nitrogen and oxygen atoms in total. The quantitative estimate of drug-likeness (QED) is 0.830. The predicted molar refractivity (Wildman–Crippen MR) is 77.0 cm³/mol. The lowest BCUT2D eigenvalue weighted by Gasteiger charge is -2.12. The SMILES string of the molecule is CCOCc1ccccc1NCc1nccn1CC. The maximum atomic E-state index is 5.48. The van der Waals surface area contributed by atoms with E-state index < -0.39 is 0 Å². The number of anilines is 1. The first-order valence-electron chi connectivity index (χ1n) is 6.74. The molecule has 2 rings (SSSR count). The van der Waals surface area contributed by atoms with Gasteiger partial charge in [-0.2, -0.15) is 0 Å². The Hall–Kier alpha value is -1.81. The van der Waals surface area contributed by atoms with Crippen LogP contribution in [0.4, 0.5) is 5.69 Å². The monoisotopic (exact) mass is 259 g/mol. The number of hydrogen-bond donors (Lipinski definition) is 1. The van der Waals surface area contributed by atoms with Crippen molar-refractivity contribution in [1.82, 2.24) is 9.55 Å². The van der Waals surface area contributed by atoms with Crippen LogP contribution in [0.3, 0.4) is 0 Å². The molecule has 2 aromatic rings. The van der Waals surface area contributed by atoms with E-state index in [0.717, 1.165) is 31.2 Å². The van der Waals surface area contributed by atoms with Gasteiger partial charge >= 0.3 is 0 Å². The second-order valence-corrected chi connectivity index (χ2v) is 4.28. The van der Waals surface area contributed by atoms with Gasteiger partial charge in [0.25, 0.3) is 0 Å².